The van der Waals surface area contributed by atoms with Crippen molar-refractivity contribution in [3.05, 3.63) is 59.4 Å². The van der Waals surface area contributed by atoms with E-state index in [1.165, 1.54) is 10.6 Å². The first-order valence-electron chi connectivity index (χ1n) is 8.45. The van der Waals surface area contributed by atoms with Crippen LogP contribution in [-0.2, 0) is 14.8 Å². The van der Waals surface area contributed by atoms with Crippen molar-refractivity contribution in [2.45, 2.75) is 12.5 Å². The van der Waals surface area contributed by atoms with Gasteiger partial charge in [-0.15, -0.1) is 0 Å². The fraction of sp³-hybridized carbons (Fsp3) is 0.389. The molecule has 0 saturated carbocycles. The maximum absolute atomic E-state index is 12.8. The Labute approximate surface area is 159 Å². The Bertz CT molecular complexity index is 842. The first kappa shape index (κ1) is 18.9. The molecule has 6 nitrogen and oxygen atoms in total. The molecule has 0 N–H and O–H groups in total. The fourth-order valence-corrected chi connectivity index (χ4v) is 4.15. The van der Waals surface area contributed by atoms with E-state index in [1.54, 1.807) is 4.90 Å². The summed E-state index contributed by atoms with van der Waals surface area (Å²) < 4.78 is 26.7. The average Bonchev–Trinajstić information content (AvgIpc) is 3.14. The standard InChI is InChI=1S/C18H22ClN3O3S/c1-26(24,25)22-12-10-21(11-13-22)18(23)14-17(20-8-2-3-9-20)15-4-6-16(19)7-5-15/h2-9,17H,10-14H2,1H3/t17-/m1/s1. The molecule has 1 atom stereocenters. The molecular weight excluding hydrogens is 374 g/mol. The SMILES string of the molecule is CS(=O)(=O)N1CCN(C(=O)C[C@H](c2ccc(Cl)cc2)n2cccc2)CC1. The molecule has 1 aromatic carbocycles. The van der Waals surface area contributed by atoms with Crippen LogP contribution in [-0.4, -0.2) is 60.5 Å². The molecular formula is C18H22ClN3O3S. The molecule has 0 unspecified atom stereocenters. The smallest absolute Gasteiger partial charge is 0.225 e. The molecule has 1 amide bonds. The van der Waals surface area contributed by atoms with Gasteiger partial charge in [0.15, 0.2) is 0 Å². The van der Waals surface area contributed by atoms with E-state index in [0.29, 0.717) is 37.6 Å². The van der Waals surface area contributed by atoms with Crippen LogP contribution in [0.25, 0.3) is 0 Å². The van der Waals surface area contributed by atoms with Crippen molar-refractivity contribution in [2.75, 3.05) is 32.4 Å². The van der Waals surface area contributed by atoms with Crippen LogP contribution in [0.2, 0.25) is 5.02 Å². The Morgan fingerprint density at radius 3 is 2.19 bits per heavy atom. The molecule has 0 radical (unpaired) electrons. The van der Waals surface area contributed by atoms with Gasteiger partial charge in [-0.3, -0.25) is 4.79 Å². The molecule has 0 spiro atoms. The summed E-state index contributed by atoms with van der Waals surface area (Å²) in [6, 6.07) is 11.2. The van der Waals surface area contributed by atoms with Crippen molar-refractivity contribution < 1.29 is 13.2 Å². The van der Waals surface area contributed by atoms with E-state index in [2.05, 4.69) is 0 Å². The van der Waals surface area contributed by atoms with Crippen LogP contribution in [0, 0.1) is 0 Å². The van der Waals surface area contributed by atoms with Crippen LogP contribution in [0.5, 0.6) is 0 Å². The molecule has 3 rings (SSSR count). The molecule has 1 saturated heterocycles. The number of aromatic nitrogens is 1. The first-order valence-corrected chi connectivity index (χ1v) is 10.7. The number of hydrogen-bond acceptors (Lipinski definition) is 3. The van der Waals surface area contributed by atoms with E-state index in [9.17, 15) is 13.2 Å². The van der Waals surface area contributed by atoms with E-state index < -0.39 is 10.0 Å². The number of carbonyl (C=O) groups is 1. The number of nitrogens with zero attached hydrogens (tertiary/aromatic N) is 3. The number of rotatable bonds is 5. The lowest BCUT2D eigenvalue weighted by atomic mass is 10.0. The second kappa shape index (κ2) is 7.82. The molecule has 140 valence electrons. The van der Waals surface area contributed by atoms with Gasteiger partial charge in [-0.05, 0) is 29.8 Å². The van der Waals surface area contributed by atoms with Crippen LogP contribution in [0.3, 0.4) is 0 Å². The Morgan fingerprint density at radius 2 is 1.65 bits per heavy atom. The summed E-state index contributed by atoms with van der Waals surface area (Å²) in [7, 11) is -3.20. The largest absolute Gasteiger partial charge is 0.346 e. The predicted octanol–water partition coefficient (Wildman–Crippen LogP) is 2.22. The van der Waals surface area contributed by atoms with Crippen molar-refractivity contribution >= 4 is 27.5 Å². The highest BCUT2D eigenvalue weighted by Gasteiger charge is 2.28. The third-order valence-corrected chi connectivity index (χ3v) is 6.23. The monoisotopic (exact) mass is 395 g/mol. The van der Waals surface area contributed by atoms with Gasteiger partial charge in [-0.25, -0.2) is 8.42 Å². The van der Waals surface area contributed by atoms with Gasteiger partial charge >= 0.3 is 0 Å². The zero-order valence-electron chi connectivity index (χ0n) is 14.6. The number of hydrogen-bond donors (Lipinski definition) is 0. The predicted molar refractivity (Wildman–Crippen MR) is 102 cm³/mol. The normalized spacial score (nSPS) is 17.2. The quantitative estimate of drug-likeness (QED) is 0.779. The topological polar surface area (TPSA) is 62.6 Å². The highest BCUT2D eigenvalue weighted by molar-refractivity contribution is 7.88. The number of benzene rings is 1. The summed E-state index contributed by atoms with van der Waals surface area (Å²) in [4.78, 5) is 14.6. The van der Waals surface area contributed by atoms with Crippen molar-refractivity contribution in [3.63, 3.8) is 0 Å². The number of piperazine rings is 1. The van der Waals surface area contributed by atoms with Crippen LogP contribution in [0.15, 0.2) is 48.8 Å². The molecule has 1 aliphatic heterocycles. The molecule has 0 bridgehead atoms. The number of carbonyl (C=O) groups excluding carboxylic acids is 1. The Balaban J connectivity index is 1.71. The van der Waals surface area contributed by atoms with E-state index >= 15 is 0 Å². The zero-order valence-corrected chi connectivity index (χ0v) is 16.2. The molecule has 0 aliphatic carbocycles. The lowest BCUT2D eigenvalue weighted by Crippen LogP contribution is -2.50. The Hall–Kier alpha value is -1.83. The van der Waals surface area contributed by atoms with Gasteiger partial charge < -0.3 is 9.47 Å². The molecule has 2 aromatic rings. The average molecular weight is 396 g/mol. The van der Waals surface area contributed by atoms with Gasteiger partial charge in [0.05, 0.1) is 18.7 Å². The van der Waals surface area contributed by atoms with E-state index in [1.807, 2.05) is 53.4 Å². The maximum Gasteiger partial charge on any atom is 0.225 e. The minimum absolute atomic E-state index is 0.0202. The lowest BCUT2D eigenvalue weighted by molar-refractivity contribution is -0.133. The zero-order chi connectivity index (χ0) is 18.7. The minimum atomic E-state index is -3.20. The summed E-state index contributed by atoms with van der Waals surface area (Å²) >= 11 is 5.98. The first-order chi connectivity index (χ1) is 12.3. The second-order valence-electron chi connectivity index (χ2n) is 6.44. The van der Waals surface area contributed by atoms with Crippen LogP contribution in [0.1, 0.15) is 18.0 Å². The molecule has 26 heavy (non-hydrogen) atoms. The second-order valence-corrected chi connectivity index (χ2v) is 8.86. The molecule has 1 aromatic heterocycles. The summed E-state index contributed by atoms with van der Waals surface area (Å²) in [6.07, 6.45) is 5.39. The highest BCUT2D eigenvalue weighted by Crippen LogP contribution is 2.25. The van der Waals surface area contributed by atoms with Crippen molar-refractivity contribution in [1.29, 1.82) is 0 Å². The summed E-state index contributed by atoms with van der Waals surface area (Å²) in [5.41, 5.74) is 1.01. The number of amides is 1. The van der Waals surface area contributed by atoms with Crippen LogP contribution in [0.4, 0.5) is 0 Å². The van der Waals surface area contributed by atoms with Crippen LogP contribution < -0.4 is 0 Å². The maximum atomic E-state index is 12.8. The van der Waals surface area contributed by atoms with Gasteiger partial charge in [0.2, 0.25) is 15.9 Å². The summed E-state index contributed by atoms with van der Waals surface area (Å²) in [5.74, 6) is 0.0202. The molecule has 2 heterocycles. The van der Waals surface area contributed by atoms with E-state index in [-0.39, 0.29) is 11.9 Å². The van der Waals surface area contributed by atoms with Crippen molar-refractivity contribution in [1.82, 2.24) is 13.8 Å². The van der Waals surface area contributed by atoms with Gasteiger partial charge in [0.1, 0.15) is 0 Å². The van der Waals surface area contributed by atoms with E-state index in [0.717, 1.165) is 5.56 Å². The van der Waals surface area contributed by atoms with Gasteiger partial charge in [0, 0.05) is 43.6 Å². The van der Waals surface area contributed by atoms with Gasteiger partial charge in [-0.2, -0.15) is 4.31 Å². The Kier molecular flexibility index (Phi) is 5.70. The summed E-state index contributed by atoms with van der Waals surface area (Å²) in [5, 5.41) is 0.656. The van der Waals surface area contributed by atoms with Crippen molar-refractivity contribution in [2.24, 2.45) is 0 Å². The third-order valence-electron chi connectivity index (χ3n) is 4.67. The molecule has 1 fully saturated rings. The number of sulfonamides is 1. The minimum Gasteiger partial charge on any atom is -0.346 e. The summed E-state index contributed by atoms with van der Waals surface area (Å²) in [6.45, 7) is 1.54. The lowest BCUT2D eigenvalue weighted by Gasteiger charge is -2.34. The van der Waals surface area contributed by atoms with Crippen LogP contribution >= 0.6 is 11.6 Å². The van der Waals surface area contributed by atoms with Crippen molar-refractivity contribution in [3.8, 4) is 0 Å². The third kappa shape index (κ3) is 4.47. The fourth-order valence-electron chi connectivity index (χ4n) is 3.20. The van der Waals surface area contributed by atoms with Gasteiger partial charge in [0.25, 0.3) is 0 Å². The number of halogens is 1. The molecule has 1 aliphatic rings. The van der Waals surface area contributed by atoms with E-state index in [4.69, 9.17) is 11.6 Å². The molecule has 8 heteroatoms. The van der Waals surface area contributed by atoms with Gasteiger partial charge in [-0.1, -0.05) is 23.7 Å². The highest BCUT2D eigenvalue weighted by atomic mass is 35.5. The Morgan fingerprint density at radius 1 is 1.08 bits per heavy atom.